The van der Waals surface area contributed by atoms with Crippen LogP contribution in [0.4, 0.5) is 5.00 Å². The summed E-state index contributed by atoms with van der Waals surface area (Å²) >= 11 is 1.55. The molecule has 1 aliphatic heterocycles. The Morgan fingerprint density at radius 3 is 2.75 bits per heavy atom. The first-order chi connectivity index (χ1) is 13.7. The van der Waals surface area contributed by atoms with Crippen molar-refractivity contribution in [3.05, 3.63) is 51.4 Å². The van der Waals surface area contributed by atoms with Crippen LogP contribution in [0.25, 0.3) is 0 Å². The Balaban J connectivity index is 1.47. The number of fused-ring (bicyclic) bond motifs is 2. The Morgan fingerprint density at radius 2 is 1.93 bits per heavy atom. The molecule has 1 amide bonds. The van der Waals surface area contributed by atoms with E-state index >= 15 is 0 Å². The Hall–Kier alpha value is -2.18. The number of rotatable bonds is 5. The van der Waals surface area contributed by atoms with Crippen LogP contribution in [0.3, 0.4) is 0 Å². The molecule has 1 aliphatic carbocycles. The number of nitrogens with one attached hydrogen (secondary N) is 2. The Bertz CT molecular complexity index is 890. The quantitative estimate of drug-likeness (QED) is 0.759. The molecule has 0 bridgehead atoms. The maximum atomic E-state index is 12.8. The zero-order valence-corrected chi connectivity index (χ0v) is 17.1. The van der Waals surface area contributed by atoms with E-state index in [1.165, 1.54) is 20.9 Å². The van der Waals surface area contributed by atoms with Gasteiger partial charge < -0.3 is 15.0 Å². The van der Waals surface area contributed by atoms with Gasteiger partial charge >= 0.3 is 5.97 Å². The molecular weight excluding hydrogens is 372 g/mol. The van der Waals surface area contributed by atoms with Gasteiger partial charge in [0.2, 0.25) is 0 Å². The molecule has 28 heavy (non-hydrogen) atoms. The molecule has 0 saturated carbocycles. The van der Waals surface area contributed by atoms with E-state index in [1.54, 1.807) is 11.3 Å². The molecule has 5 nitrogen and oxygen atoms in total. The lowest BCUT2D eigenvalue weighted by Crippen LogP contribution is -3.12. The van der Waals surface area contributed by atoms with Crippen molar-refractivity contribution in [2.45, 2.75) is 45.6 Å². The first kappa shape index (κ1) is 19.2. The summed E-state index contributed by atoms with van der Waals surface area (Å²) in [6.07, 6.45) is 5.10. The minimum atomic E-state index is -0.309. The first-order valence-electron chi connectivity index (χ1n) is 10.2. The predicted molar refractivity (Wildman–Crippen MR) is 110 cm³/mol. The summed E-state index contributed by atoms with van der Waals surface area (Å²) in [7, 11) is 0. The summed E-state index contributed by atoms with van der Waals surface area (Å²) in [5.74, 6) is -0.338. The zero-order chi connectivity index (χ0) is 19.5. The van der Waals surface area contributed by atoms with Crippen molar-refractivity contribution in [1.29, 1.82) is 0 Å². The van der Waals surface area contributed by atoms with Crippen LogP contribution in [-0.4, -0.2) is 31.6 Å². The van der Waals surface area contributed by atoms with Gasteiger partial charge in [0, 0.05) is 16.9 Å². The lowest BCUT2D eigenvalue weighted by atomic mass is 9.95. The predicted octanol–water partition coefficient (Wildman–Crippen LogP) is 2.38. The Kier molecular flexibility index (Phi) is 5.78. The number of amides is 1. The SMILES string of the molecule is CCOC(=O)c1c(NC(=O)C[NH+]2CCc3ccccc3C2)sc2c1CCCC2. The van der Waals surface area contributed by atoms with Crippen molar-refractivity contribution < 1.29 is 19.2 Å². The van der Waals surface area contributed by atoms with E-state index in [-0.39, 0.29) is 11.9 Å². The smallest absolute Gasteiger partial charge is 0.341 e. The molecule has 2 aromatic rings. The van der Waals surface area contributed by atoms with Gasteiger partial charge in [0.25, 0.3) is 5.91 Å². The molecule has 2 heterocycles. The molecular formula is C22H27N2O3S+. The second-order valence-electron chi connectivity index (χ2n) is 7.56. The second-order valence-corrected chi connectivity index (χ2v) is 8.66. The van der Waals surface area contributed by atoms with Crippen molar-refractivity contribution in [3.63, 3.8) is 0 Å². The van der Waals surface area contributed by atoms with Crippen LogP contribution in [-0.2, 0) is 35.3 Å². The minimum Gasteiger partial charge on any atom is -0.462 e. The third-order valence-electron chi connectivity index (χ3n) is 5.62. The number of hydrogen-bond acceptors (Lipinski definition) is 4. The fourth-order valence-electron chi connectivity index (χ4n) is 4.26. The maximum Gasteiger partial charge on any atom is 0.341 e. The van der Waals surface area contributed by atoms with Crippen molar-refractivity contribution in [1.82, 2.24) is 0 Å². The molecule has 0 spiro atoms. The van der Waals surface area contributed by atoms with Crippen LogP contribution < -0.4 is 10.2 Å². The molecule has 1 unspecified atom stereocenters. The molecule has 0 radical (unpaired) electrons. The number of ether oxygens (including phenoxy) is 1. The standard InChI is InChI=1S/C22H26N2O3S/c1-2-27-22(26)20-17-9-5-6-10-18(17)28-21(20)23-19(25)14-24-12-11-15-7-3-4-8-16(15)13-24/h3-4,7-8H,2,5-6,9-14H2,1H3,(H,23,25)/p+1. The average molecular weight is 400 g/mol. The van der Waals surface area contributed by atoms with Gasteiger partial charge in [0.1, 0.15) is 11.5 Å². The molecule has 148 valence electrons. The van der Waals surface area contributed by atoms with E-state index in [1.807, 2.05) is 6.92 Å². The van der Waals surface area contributed by atoms with E-state index in [2.05, 4.69) is 29.6 Å². The lowest BCUT2D eigenvalue weighted by Gasteiger charge is -2.25. The second kappa shape index (κ2) is 8.45. The largest absolute Gasteiger partial charge is 0.462 e. The van der Waals surface area contributed by atoms with Gasteiger partial charge in [-0.25, -0.2) is 4.79 Å². The van der Waals surface area contributed by atoms with Crippen LogP contribution in [0.1, 0.15) is 51.7 Å². The molecule has 1 aromatic carbocycles. The first-order valence-corrected chi connectivity index (χ1v) is 11.0. The number of carbonyl (C=O) groups excluding carboxylic acids is 2. The zero-order valence-electron chi connectivity index (χ0n) is 16.3. The van der Waals surface area contributed by atoms with Crippen LogP contribution in [0.2, 0.25) is 0 Å². The number of aryl methyl sites for hydroxylation is 1. The van der Waals surface area contributed by atoms with Gasteiger partial charge in [-0.2, -0.15) is 0 Å². The average Bonchev–Trinajstić information content (AvgIpc) is 3.05. The normalized spacial score (nSPS) is 18.1. The van der Waals surface area contributed by atoms with E-state index in [0.717, 1.165) is 50.8 Å². The summed E-state index contributed by atoms with van der Waals surface area (Å²) in [6, 6.07) is 8.46. The van der Waals surface area contributed by atoms with Gasteiger partial charge in [-0.15, -0.1) is 11.3 Å². The summed E-state index contributed by atoms with van der Waals surface area (Å²) in [5, 5.41) is 3.71. The van der Waals surface area contributed by atoms with Crippen molar-refractivity contribution >= 4 is 28.2 Å². The minimum absolute atomic E-state index is 0.0291. The lowest BCUT2D eigenvalue weighted by molar-refractivity contribution is -0.907. The van der Waals surface area contributed by atoms with Crippen LogP contribution in [0, 0.1) is 0 Å². The topological polar surface area (TPSA) is 59.8 Å². The number of quaternary nitrogens is 1. The van der Waals surface area contributed by atoms with Gasteiger partial charge in [-0.3, -0.25) is 4.79 Å². The third kappa shape index (κ3) is 3.98. The highest BCUT2D eigenvalue weighted by molar-refractivity contribution is 7.17. The molecule has 4 rings (SSSR count). The van der Waals surface area contributed by atoms with Gasteiger partial charge in [0.05, 0.1) is 18.7 Å². The molecule has 2 N–H and O–H groups in total. The molecule has 1 atom stereocenters. The van der Waals surface area contributed by atoms with Crippen molar-refractivity contribution in [2.24, 2.45) is 0 Å². The van der Waals surface area contributed by atoms with E-state index in [4.69, 9.17) is 4.74 Å². The third-order valence-corrected chi connectivity index (χ3v) is 6.83. The Labute approximate surface area is 169 Å². The Morgan fingerprint density at radius 1 is 1.14 bits per heavy atom. The van der Waals surface area contributed by atoms with Gasteiger partial charge in [0.15, 0.2) is 6.54 Å². The molecule has 0 fully saturated rings. The van der Waals surface area contributed by atoms with Crippen LogP contribution in [0.15, 0.2) is 24.3 Å². The number of benzene rings is 1. The highest BCUT2D eigenvalue weighted by atomic mass is 32.1. The molecule has 0 saturated heterocycles. The molecule has 1 aromatic heterocycles. The number of hydrogen-bond donors (Lipinski definition) is 2. The number of thiophene rings is 1. The number of esters is 1. The maximum absolute atomic E-state index is 12.8. The highest BCUT2D eigenvalue weighted by Crippen LogP contribution is 2.38. The fourth-order valence-corrected chi connectivity index (χ4v) is 5.56. The van der Waals surface area contributed by atoms with Crippen molar-refractivity contribution in [3.8, 4) is 0 Å². The summed E-state index contributed by atoms with van der Waals surface area (Å²) in [5.41, 5.74) is 4.40. The number of carbonyl (C=O) groups is 2. The van der Waals surface area contributed by atoms with Gasteiger partial charge in [-0.1, -0.05) is 24.3 Å². The summed E-state index contributed by atoms with van der Waals surface area (Å²) in [6.45, 7) is 4.39. The van der Waals surface area contributed by atoms with Gasteiger partial charge in [-0.05, 0) is 43.7 Å². The van der Waals surface area contributed by atoms with E-state index in [9.17, 15) is 9.59 Å². The van der Waals surface area contributed by atoms with Crippen LogP contribution >= 0.6 is 11.3 Å². The fraction of sp³-hybridized carbons (Fsp3) is 0.455. The van der Waals surface area contributed by atoms with E-state index in [0.29, 0.717) is 23.7 Å². The monoisotopic (exact) mass is 399 g/mol. The van der Waals surface area contributed by atoms with E-state index < -0.39 is 0 Å². The van der Waals surface area contributed by atoms with Crippen LogP contribution in [0.5, 0.6) is 0 Å². The highest BCUT2D eigenvalue weighted by Gasteiger charge is 2.28. The molecule has 2 aliphatic rings. The summed E-state index contributed by atoms with van der Waals surface area (Å²) < 4.78 is 5.27. The molecule has 6 heteroatoms. The summed E-state index contributed by atoms with van der Waals surface area (Å²) in [4.78, 5) is 27.8. The number of anilines is 1. The van der Waals surface area contributed by atoms with Crippen molar-refractivity contribution in [2.75, 3.05) is 25.0 Å².